The highest BCUT2D eigenvalue weighted by molar-refractivity contribution is 5.69. The molecule has 0 radical (unpaired) electrons. The third-order valence-corrected chi connectivity index (χ3v) is 4.91. The first kappa shape index (κ1) is 19.7. The lowest BCUT2D eigenvalue weighted by atomic mass is 10.1. The van der Waals surface area contributed by atoms with Crippen molar-refractivity contribution in [2.45, 2.75) is 51.3 Å². The van der Waals surface area contributed by atoms with E-state index in [2.05, 4.69) is 10.3 Å². The lowest BCUT2D eigenvalue weighted by Crippen LogP contribution is -2.36. The number of halogens is 3. The zero-order valence-electron chi connectivity index (χ0n) is 16.2. The molecule has 1 aromatic carbocycles. The van der Waals surface area contributed by atoms with Crippen LogP contribution in [0.1, 0.15) is 38.1 Å². The summed E-state index contributed by atoms with van der Waals surface area (Å²) in [5.74, 6) is 0. The summed E-state index contributed by atoms with van der Waals surface area (Å²) < 4.78 is 51.4. The molecular formula is C19H21F3N4O3. The van der Waals surface area contributed by atoms with Gasteiger partial charge in [-0.1, -0.05) is 17.3 Å². The number of rotatable bonds is 1. The maximum Gasteiger partial charge on any atom is 0.416 e. The molecule has 1 amide bonds. The molecule has 0 bridgehead atoms. The van der Waals surface area contributed by atoms with Crippen molar-refractivity contribution >= 4 is 6.09 Å². The van der Waals surface area contributed by atoms with Gasteiger partial charge in [0.1, 0.15) is 11.3 Å². The number of hydrogen-bond acceptors (Lipinski definition) is 5. The molecule has 156 valence electrons. The number of aromatic nitrogens is 3. The minimum Gasteiger partial charge on any atom is -0.444 e. The van der Waals surface area contributed by atoms with Crippen LogP contribution in [0.25, 0.3) is 11.3 Å². The first-order valence-corrected chi connectivity index (χ1v) is 9.24. The molecule has 0 spiro atoms. The average molecular weight is 410 g/mol. The van der Waals surface area contributed by atoms with E-state index >= 15 is 0 Å². The molecule has 1 unspecified atom stereocenters. The second kappa shape index (κ2) is 6.72. The van der Waals surface area contributed by atoms with Crippen LogP contribution in [-0.4, -0.2) is 50.8 Å². The first-order chi connectivity index (χ1) is 13.5. The van der Waals surface area contributed by atoms with Crippen LogP contribution in [0.15, 0.2) is 24.3 Å². The Kier molecular flexibility index (Phi) is 4.56. The van der Waals surface area contributed by atoms with Gasteiger partial charge >= 0.3 is 12.3 Å². The Morgan fingerprint density at radius 2 is 1.86 bits per heavy atom. The smallest absolute Gasteiger partial charge is 0.416 e. The number of amides is 1. The fourth-order valence-corrected chi connectivity index (χ4v) is 3.57. The lowest BCUT2D eigenvalue weighted by Gasteiger charge is -2.26. The molecule has 4 rings (SSSR count). The highest BCUT2D eigenvalue weighted by Crippen LogP contribution is 2.36. The Morgan fingerprint density at radius 1 is 1.17 bits per heavy atom. The minimum absolute atomic E-state index is 0.215. The van der Waals surface area contributed by atoms with Crippen molar-refractivity contribution in [2.75, 3.05) is 13.1 Å². The predicted octanol–water partition coefficient (Wildman–Crippen LogP) is 3.65. The van der Waals surface area contributed by atoms with Gasteiger partial charge in [-0.3, -0.25) is 0 Å². The summed E-state index contributed by atoms with van der Waals surface area (Å²) in [6, 6.07) is 4.57. The van der Waals surface area contributed by atoms with E-state index in [-0.39, 0.29) is 18.8 Å². The normalized spacial score (nSPS) is 21.7. The van der Waals surface area contributed by atoms with Gasteiger partial charge in [-0.15, -0.1) is 5.10 Å². The van der Waals surface area contributed by atoms with Crippen LogP contribution in [0.3, 0.4) is 0 Å². The number of nitrogens with zero attached hydrogens (tertiary/aromatic N) is 4. The fourth-order valence-electron chi connectivity index (χ4n) is 3.57. The van der Waals surface area contributed by atoms with E-state index < -0.39 is 23.4 Å². The summed E-state index contributed by atoms with van der Waals surface area (Å²) in [4.78, 5) is 13.9. The van der Waals surface area contributed by atoms with Crippen molar-refractivity contribution in [1.29, 1.82) is 0 Å². The topological polar surface area (TPSA) is 69.5 Å². The van der Waals surface area contributed by atoms with E-state index in [1.165, 1.54) is 12.1 Å². The number of fused-ring (bicyclic) bond motifs is 3. The van der Waals surface area contributed by atoms with Crippen LogP contribution in [0.2, 0.25) is 0 Å². The molecule has 1 aromatic heterocycles. The molecule has 0 aliphatic carbocycles. The molecule has 2 aromatic rings. The summed E-state index contributed by atoms with van der Waals surface area (Å²) in [7, 11) is 0. The average Bonchev–Trinajstić information content (AvgIpc) is 3.23. The van der Waals surface area contributed by atoms with Crippen LogP contribution in [0.4, 0.5) is 18.0 Å². The summed E-state index contributed by atoms with van der Waals surface area (Å²) in [5, 5.41) is 8.37. The van der Waals surface area contributed by atoms with E-state index in [4.69, 9.17) is 9.47 Å². The molecule has 10 heteroatoms. The number of hydrogen-bond donors (Lipinski definition) is 0. The number of benzene rings is 1. The summed E-state index contributed by atoms with van der Waals surface area (Å²) in [6.45, 7) is 6.37. The van der Waals surface area contributed by atoms with E-state index in [1.54, 1.807) is 30.4 Å². The third kappa shape index (κ3) is 3.81. The van der Waals surface area contributed by atoms with E-state index in [9.17, 15) is 18.0 Å². The van der Waals surface area contributed by atoms with Crippen LogP contribution in [0.5, 0.6) is 0 Å². The van der Waals surface area contributed by atoms with Crippen molar-refractivity contribution in [1.82, 2.24) is 19.9 Å². The van der Waals surface area contributed by atoms with Gasteiger partial charge in [-0.25, -0.2) is 9.48 Å². The maximum absolute atomic E-state index is 12.8. The molecule has 7 nitrogen and oxygen atoms in total. The Hall–Kier alpha value is -2.62. The number of likely N-dealkylation sites (tertiary alicyclic amines) is 1. The Labute approximate surface area is 165 Å². The SMILES string of the molecule is CC(C)(C)OC(=O)N1CC2OCc3c(-c4ccc(C(F)(F)F)cc4)nnn3[C@H]2C1. The molecule has 2 aliphatic rings. The molecule has 2 aliphatic heterocycles. The molecule has 1 saturated heterocycles. The second-order valence-corrected chi connectivity index (χ2v) is 8.21. The first-order valence-electron chi connectivity index (χ1n) is 9.24. The molecule has 29 heavy (non-hydrogen) atoms. The number of carbonyl (C=O) groups is 1. The van der Waals surface area contributed by atoms with Gasteiger partial charge in [0.15, 0.2) is 0 Å². The van der Waals surface area contributed by atoms with Crippen molar-refractivity contribution in [3.05, 3.63) is 35.5 Å². The van der Waals surface area contributed by atoms with Crippen molar-refractivity contribution in [3.63, 3.8) is 0 Å². The summed E-state index contributed by atoms with van der Waals surface area (Å²) in [5.41, 5.74) is 0.371. The van der Waals surface area contributed by atoms with Crippen LogP contribution < -0.4 is 0 Å². The molecule has 0 N–H and O–H groups in total. The second-order valence-electron chi connectivity index (χ2n) is 8.21. The minimum atomic E-state index is -4.39. The van der Waals surface area contributed by atoms with Crippen LogP contribution in [0, 0.1) is 0 Å². The van der Waals surface area contributed by atoms with E-state index in [1.807, 2.05) is 0 Å². The number of ether oxygens (including phenoxy) is 2. The zero-order chi connectivity index (χ0) is 21.0. The van der Waals surface area contributed by atoms with Crippen molar-refractivity contribution < 1.29 is 27.4 Å². The van der Waals surface area contributed by atoms with E-state index in [0.717, 1.165) is 12.1 Å². The van der Waals surface area contributed by atoms with Gasteiger partial charge in [0.25, 0.3) is 0 Å². The quantitative estimate of drug-likeness (QED) is 0.718. The van der Waals surface area contributed by atoms with Gasteiger partial charge in [0.2, 0.25) is 0 Å². The highest BCUT2D eigenvalue weighted by Gasteiger charge is 2.43. The fraction of sp³-hybridized carbons (Fsp3) is 0.526. The molecule has 2 atom stereocenters. The third-order valence-electron chi connectivity index (χ3n) is 4.91. The number of carbonyl (C=O) groups excluding carboxylic acids is 1. The summed E-state index contributed by atoms with van der Waals surface area (Å²) >= 11 is 0. The molecule has 3 heterocycles. The Morgan fingerprint density at radius 3 is 2.48 bits per heavy atom. The van der Waals surface area contributed by atoms with Crippen molar-refractivity contribution in [2.24, 2.45) is 0 Å². The standard InChI is InChI=1S/C19H21F3N4O3/c1-18(2,3)29-17(27)25-8-13-15(9-25)28-10-14-16(23-24-26(13)14)11-4-6-12(7-5-11)19(20,21)22/h4-7,13,15H,8-10H2,1-3H3/t13-,15?/m0/s1. The molecular weight excluding hydrogens is 389 g/mol. The zero-order valence-corrected chi connectivity index (χ0v) is 16.2. The Bertz CT molecular complexity index is 918. The van der Waals surface area contributed by atoms with Gasteiger partial charge < -0.3 is 14.4 Å². The van der Waals surface area contributed by atoms with Crippen LogP contribution >= 0.6 is 0 Å². The molecule has 0 saturated carbocycles. The van der Waals surface area contributed by atoms with E-state index in [0.29, 0.717) is 30.0 Å². The van der Waals surface area contributed by atoms with Crippen molar-refractivity contribution in [3.8, 4) is 11.3 Å². The van der Waals surface area contributed by atoms with Gasteiger partial charge in [0.05, 0.1) is 36.6 Å². The highest BCUT2D eigenvalue weighted by atomic mass is 19.4. The monoisotopic (exact) mass is 410 g/mol. The molecule has 1 fully saturated rings. The van der Waals surface area contributed by atoms with Gasteiger partial charge in [0, 0.05) is 12.1 Å². The summed E-state index contributed by atoms with van der Waals surface area (Å²) in [6.07, 6.45) is -5.05. The van der Waals surface area contributed by atoms with Gasteiger partial charge in [-0.2, -0.15) is 13.2 Å². The van der Waals surface area contributed by atoms with Crippen LogP contribution in [-0.2, 0) is 22.3 Å². The van der Waals surface area contributed by atoms with Gasteiger partial charge in [-0.05, 0) is 32.9 Å². The predicted molar refractivity (Wildman–Crippen MR) is 95.9 cm³/mol. The number of alkyl halides is 3. The Balaban J connectivity index is 1.55. The lowest BCUT2D eigenvalue weighted by molar-refractivity contribution is -0.137. The maximum atomic E-state index is 12.8. The largest absolute Gasteiger partial charge is 0.444 e.